The maximum Gasteiger partial charge on any atom is 0.363 e. The molecule has 0 saturated carbocycles. The Labute approximate surface area is 141 Å². The van der Waals surface area contributed by atoms with Crippen molar-refractivity contribution in [2.24, 2.45) is 4.99 Å². The molecule has 1 aromatic carbocycles. The number of hydrogen-bond donors (Lipinski definition) is 0. The second-order valence-corrected chi connectivity index (χ2v) is 6.13. The lowest BCUT2D eigenvalue weighted by Crippen LogP contribution is -2.01. The van der Waals surface area contributed by atoms with Gasteiger partial charge in [0.1, 0.15) is 0 Å². The molecule has 22 heavy (non-hydrogen) atoms. The Hall–Kier alpha value is -1.88. The molecular formula is C16H9Cl2NO2S. The van der Waals surface area contributed by atoms with Gasteiger partial charge in [-0.3, -0.25) is 0 Å². The molecule has 0 atom stereocenters. The summed E-state index contributed by atoms with van der Waals surface area (Å²) >= 11 is 13.6. The number of aliphatic imine (C=N–C) groups is 1. The second-order valence-electron chi connectivity index (χ2n) is 4.36. The molecule has 1 aromatic heterocycles. The van der Waals surface area contributed by atoms with E-state index in [1.54, 1.807) is 30.4 Å². The highest BCUT2D eigenvalue weighted by molar-refractivity contribution is 7.10. The molecule has 0 bridgehead atoms. The molecule has 1 aliphatic rings. The molecule has 0 saturated heterocycles. The van der Waals surface area contributed by atoms with E-state index in [1.165, 1.54) is 11.3 Å². The van der Waals surface area contributed by atoms with Crippen molar-refractivity contribution < 1.29 is 9.53 Å². The van der Waals surface area contributed by atoms with Gasteiger partial charge in [0.25, 0.3) is 0 Å². The lowest BCUT2D eigenvalue weighted by Gasteiger charge is -1.99. The second kappa shape index (κ2) is 6.48. The topological polar surface area (TPSA) is 38.7 Å². The third kappa shape index (κ3) is 3.30. The number of hydrogen-bond acceptors (Lipinski definition) is 4. The van der Waals surface area contributed by atoms with Crippen molar-refractivity contribution in [2.75, 3.05) is 0 Å². The van der Waals surface area contributed by atoms with Gasteiger partial charge in [0.2, 0.25) is 5.90 Å². The van der Waals surface area contributed by atoms with Gasteiger partial charge in [-0.15, -0.1) is 11.3 Å². The number of benzene rings is 1. The van der Waals surface area contributed by atoms with Crippen molar-refractivity contribution in [1.82, 2.24) is 0 Å². The Kier molecular flexibility index (Phi) is 4.43. The number of ether oxygens (including phenoxy) is 1. The van der Waals surface area contributed by atoms with Crippen LogP contribution in [-0.2, 0) is 9.53 Å². The molecular weight excluding hydrogens is 341 g/mol. The van der Waals surface area contributed by atoms with Crippen LogP contribution in [0.1, 0.15) is 10.4 Å². The molecule has 0 N–H and O–H groups in total. The van der Waals surface area contributed by atoms with Crippen LogP contribution in [-0.4, -0.2) is 11.9 Å². The van der Waals surface area contributed by atoms with Crippen LogP contribution in [0.4, 0.5) is 0 Å². The molecule has 1 aliphatic heterocycles. The number of nitrogens with zero attached hydrogens (tertiary/aromatic N) is 1. The molecule has 0 amide bonds. The third-order valence-corrected chi connectivity index (χ3v) is 4.50. The molecule has 0 spiro atoms. The molecule has 2 aromatic rings. The van der Waals surface area contributed by atoms with Gasteiger partial charge in [-0.2, -0.15) is 0 Å². The van der Waals surface area contributed by atoms with E-state index in [0.29, 0.717) is 10.0 Å². The standard InChI is InChI=1S/C16H9Cl2NO2S/c17-12-5-1-3-10(15(12)18)6-7-14-19-13(16(20)21-14)9-11-4-2-8-22-11/h1-9H. The fraction of sp³-hybridized carbons (Fsp3) is 0. The third-order valence-electron chi connectivity index (χ3n) is 2.85. The van der Waals surface area contributed by atoms with Crippen LogP contribution < -0.4 is 0 Å². The lowest BCUT2D eigenvalue weighted by atomic mass is 10.2. The van der Waals surface area contributed by atoms with E-state index in [1.807, 2.05) is 23.6 Å². The molecule has 110 valence electrons. The summed E-state index contributed by atoms with van der Waals surface area (Å²) in [6.45, 7) is 0. The summed E-state index contributed by atoms with van der Waals surface area (Å²) in [5, 5.41) is 2.84. The number of thiophene rings is 1. The van der Waals surface area contributed by atoms with Crippen LogP contribution in [0.2, 0.25) is 10.0 Å². The summed E-state index contributed by atoms with van der Waals surface area (Å²) in [7, 11) is 0. The van der Waals surface area contributed by atoms with Crippen molar-refractivity contribution >= 4 is 58.6 Å². The zero-order valence-corrected chi connectivity index (χ0v) is 13.5. The molecule has 6 heteroatoms. The maximum absolute atomic E-state index is 11.8. The zero-order chi connectivity index (χ0) is 15.5. The largest absolute Gasteiger partial charge is 0.403 e. The average Bonchev–Trinajstić information content (AvgIpc) is 3.12. The predicted octanol–water partition coefficient (Wildman–Crippen LogP) is 5.06. The Bertz CT molecular complexity index is 808. The van der Waals surface area contributed by atoms with E-state index in [0.717, 1.165) is 10.4 Å². The van der Waals surface area contributed by atoms with E-state index in [-0.39, 0.29) is 11.6 Å². The minimum atomic E-state index is -0.467. The molecule has 3 nitrogen and oxygen atoms in total. The summed E-state index contributed by atoms with van der Waals surface area (Å²) < 4.78 is 5.10. The predicted molar refractivity (Wildman–Crippen MR) is 91.3 cm³/mol. The van der Waals surface area contributed by atoms with E-state index >= 15 is 0 Å². The lowest BCUT2D eigenvalue weighted by molar-refractivity contribution is -0.129. The first-order valence-electron chi connectivity index (χ1n) is 6.31. The first-order chi connectivity index (χ1) is 10.6. The van der Waals surface area contributed by atoms with Gasteiger partial charge in [-0.05, 0) is 35.2 Å². The van der Waals surface area contributed by atoms with Crippen LogP contribution >= 0.6 is 34.5 Å². The quantitative estimate of drug-likeness (QED) is 0.573. The van der Waals surface area contributed by atoms with Crippen LogP contribution in [0.3, 0.4) is 0 Å². The van der Waals surface area contributed by atoms with Gasteiger partial charge in [0.15, 0.2) is 5.70 Å². The van der Waals surface area contributed by atoms with Crippen molar-refractivity contribution in [3.8, 4) is 0 Å². The fourth-order valence-electron chi connectivity index (χ4n) is 1.82. The Balaban J connectivity index is 1.83. The van der Waals surface area contributed by atoms with E-state index in [4.69, 9.17) is 27.9 Å². The number of cyclic esters (lactones) is 1. The van der Waals surface area contributed by atoms with Gasteiger partial charge in [0.05, 0.1) is 10.0 Å². The van der Waals surface area contributed by atoms with Crippen molar-refractivity contribution in [1.29, 1.82) is 0 Å². The summed E-state index contributed by atoms with van der Waals surface area (Å²) in [5.41, 5.74) is 1.00. The number of esters is 1. The Morgan fingerprint density at radius 3 is 2.77 bits per heavy atom. The molecule has 0 aliphatic carbocycles. The van der Waals surface area contributed by atoms with Crippen LogP contribution in [0.5, 0.6) is 0 Å². The monoisotopic (exact) mass is 349 g/mol. The van der Waals surface area contributed by atoms with Gasteiger partial charge in [-0.25, -0.2) is 9.79 Å². The summed E-state index contributed by atoms with van der Waals surface area (Å²) in [6, 6.07) is 9.11. The normalized spacial score (nSPS) is 16.4. The first kappa shape index (κ1) is 15.0. The summed E-state index contributed by atoms with van der Waals surface area (Å²) in [4.78, 5) is 16.9. The number of rotatable bonds is 3. The number of carbonyl (C=O) groups excluding carboxylic acids is 1. The molecule has 0 unspecified atom stereocenters. The summed E-state index contributed by atoms with van der Waals surface area (Å²) in [6.07, 6.45) is 4.99. The van der Waals surface area contributed by atoms with Crippen molar-refractivity contribution in [2.45, 2.75) is 0 Å². The van der Waals surface area contributed by atoms with Crippen LogP contribution in [0.15, 0.2) is 52.5 Å². The maximum atomic E-state index is 11.8. The smallest absolute Gasteiger partial charge is 0.363 e. The highest BCUT2D eigenvalue weighted by Crippen LogP contribution is 2.27. The van der Waals surface area contributed by atoms with E-state index < -0.39 is 5.97 Å². The van der Waals surface area contributed by atoms with Gasteiger partial charge >= 0.3 is 5.97 Å². The highest BCUT2D eigenvalue weighted by Gasteiger charge is 2.21. The van der Waals surface area contributed by atoms with Gasteiger partial charge in [0, 0.05) is 11.0 Å². The van der Waals surface area contributed by atoms with E-state index in [2.05, 4.69) is 4.99 Å². The zero-order valence-electron chi connectivity index (χ0n) is 11.1. The number of carbonyl (C=O) groups is 1. The molecule has 0 radical (unpaired) electrons. The van der Waals surface area contributed by atoms with Crippen LogP contribution in [0.25, 0.3) is 12.2 Å². The van der Waals surface area contributed by atoms with Crippen molar-refractivity contribution in [3.05, 3.63) is 68.0 Å². The Morgan fingerprint density at radius 2 is 2.00 bits per heavy atom. The van der Waals surface area contributed by atoms with Gasteiger partial charge in [-0.1, -0.05) is 41.4 Å². The van der Waals surface area contributed by atoms with Crippen LogP contribution in [0, 0.1) is 0 Å². The number of halogens is 2. The first-order valence-corrected chi connectivity index (χ1v) is 7.95. The average molecular weight is 350 g/mol. The van der Waals surface area contributed by atoms with Crippen molar-refractivity contribution in [3.63, 3.8) is 0 Å². The fourth-order valence-corrected chi connectivity index (χ4v) is 2.84. The van der Waals surface area contributed by atoms with Gasteiger partial charge < -0.3 is 4.74 Å². The minimum Gasteiger partial charge on any atom is -0.403 e. The molecule has 2 heterocycles. The Morgan fingerprint density at radius 1 is 1.14 bits per heavy atom. The van der Waals surface area contributed by atoms with E-state index in [9.17, 15) is 4.79 Å². The minimum absolute atomic E-state index is 0.226. The SMILES string of the molecule is O=C1OC(C=Cc2cccc(Cl)c2Cl)=NC1=Cc1cccs1. The highest BCUT2D eigenvalue weighted by atomic mass is 35.5. The molecule has 0 fully saturated rings. The summed E-state index contributed by atoms with van der Waals surface area (Å²) in [5.74, 6) is -0.242. The molecule has 3 rings (SSSR count).